The molecule has 3 saturated heterocycles. The number of aryl methyl sites for hydroxylation is 2. The Morgan fingerprint density at radius 3 is 2.34 bits per heavy atom. The molecule has 3 fully saturated rings. The molecular weight excluding hydrogens is 570 g/mol. The molecule has 0 radical (unpaired) electrons. The predicted molar refractivity (Wildman–Crippen MR) is 179 cm³/mol. The highest BCUT2D eigenvalue weighted by Crippen LogP contribution is 2.69. The maximum absolute atomic E-state index is 15.1. The molecule has 3 heterocycles. The van der Waals surface area contributed by atoms with Crippen molar-refractivity contribution in [2.75, 3.05) is 29.5 Å². The van der Waals surface area contributed by atoms with E-state index in [0.29, 0.717) is 6.54 Å². The van der Waals surface area contributed by atoms with Gasteiger partial charge < -0.3 is 19.8 Å². The quantitative estimate of drug-likeness (QED) is 0.343. The molecule has 7 nitrogen and oxygen atoms in total. The summed E-state index contributed by atoms with van der Waals surface area (Å²) in [5.41, 5.74) is 3.51. The molecule has 234 valence electrons. The summed E-state index contributed by atoms with van der Waals surface area (Å²) < 4.78 is -0.810. The highest BCUT2D eigenvalue weighted by atomic mass is 32.2. The summed E-state index contributed by atoms with van der Waals surface area (Å²) in [6, 6.07) is 14.1. The fourth-order valence-corrected chi connectivity index (χ4v) is 10.2. The first-order valence-electron chi connectivity index (χ1n) is 15.6. The third-order valence-corrected chi connectivity index (χ3v) is 12.0. The van der Waals surface area contributed by atoms with Crippen molar-refractivity contribution in [2.24, 2.45) is 23.7 Å². The van der Waals surface area contributed by atoms with Gasteiger partial charge in [0.1, 0.15) is 6.04 Å². The molecule has 5 rings (SSSR count). The molecule has 7 atom stereocenters. The van der Waals surface area contributed by atoms with Gasteiger partial charge in [-0.15, -0.1) is 24.9 Å². The number of anilines is 2. The maximum atomic E-state index is 15.1. The number of aliphatic hydroxyl groups excluding tert-OH is 1. The number of hydrogen-bond acceptors (Lipinski definition) is 5. The van der Waals surface area contributed by atoms with Crippen LogP contribution in [0.4, 0.5) is 11.4 Å². The van der Waals surface area contributed by atoms with Crippen molar-refractivity contribution in [3.8, 4) is 0 Å². The fourth-order valence-electron chi connectivity index (χ4n) is 7.83. The van der Waals surface area contributed by atoms with Crippen molar-refractivity contribution < 1.29 is 19.5 Å². The number of likely N-dealkylation sites (tertiary alicyclic amines) is 1. The molecular formula is C36H45N3O4S. The second-order valence-corrected chi connectivity index (χ2v) is 14.4. The van der Waals surface area contributed by atoms with Crippen molar-refractivity contribution in [3.63, 3.8) is 0 Å². The van der Waals surface area contributed by atoms with Crippen LogP contribution in [0.5, 0.6) is 0 Å². The van der Waals surface area contributed by atoms with Crippen molar-refractivity contribution >= 4 is 40.9 Å². The zero-order chi connectivity index (χ0) is 31.9. The van der Waals surface area contributed by atoms with E-state index in [0.717, 1.165) is 28.9 Å². The van der Waals surface area contributed by atoms with Crippen LogP contribution in [-0.4, -0.2) is 69.5 Å². The largest absolute Gasteiger partial charge is 0.394 e. The number of amides is 3. The first-order chi connectivity index (χ1) is 21.0. The van der Waals surface area contributed by atoms with Crippen LogP contribution in [0, 0.1) is 37.5 Å². The van der Waals surface area contributed by atoms with Gasteiger partial charge in [-0.3, -0.25) is 14.4 Å². The molecule has 3 unspecified atom stereocenters. The molecule has 3 amide bonds. The number of rotatable bonds is 11. The van der Waals surface area contributed by atoms with E-state index in [4.69, 9.17) is 0 Å². The molecule has 44 heavy (non-hydrogen) atoms. The summed E-state index contributed by atoms with van der Waals surface area (Å²) in [7, 11) is 0. The number of nitrogens with zero attached hydrogens (tertiary/aromatic N) is 3. The summed E-state index contributed by atoms with van der Waals surface area (Å²) in [6.07, 6.45) is 4.15. The average molecular weight is 616 g/mol. The number of hydrogen-bond donors (Lipinski definition) is 1. The minimum Gasteiger partial charge on any atom is -0.394 e. The Morgan fingerprint density at radius 2 is 1.73 bits per heavy atom. The van der Waals surface area contributed by atoms with E-state index in [1.54, 1.807) is 38.6 Å². The monoisotopic (exact) mass is 615 g/mol. The Hall–Kier alpha value is -3.36. The van der Waals surface area contributed by atoms with E-state index in [2.05, 4.69) is 20.1 Å². The van der Waals surface area contributed by atoms with Gasteiger partial charge in [-0.25, -0.2) is 0 Å². The van der Waals surface area contributed by atoms with E-state index < -0.39 is 28.7 Å². The van der Waals surface area contributed by atoms with Gasteiger partial charge in [0.2, 0.25) is 11.8 Å². The Balaban J connectivity index is 1.66. The number of thioether (sulfide) groups is 1. The minimum atomic E-state index is -0.841. The lowest BCUT2D eigenvalue weighted by atomic mass is 9.65. The molecule has 8 heteroatoms. The van der Waals surface area contributed by atoms with Crippen LogP contribution in [-0.2, 0) is 14.4 Å². The van der Waals surface area contributed by atoms with Crippen LogP contribution in [0.1, 0.15) is 38.3 Å². The van der Waals surface area contributed by atoms with Crippen LogP contribution in [0.2, 0.25) is 0 Å². The smallest absolute Gasteiger partial charge is 0.251 e. The van der Waals surface area contributed by atoms with E-state index in [9.17, 15) is 14.7 Å². The standard InChI is InChI=1S/C36H45N3O4S/c1-8-17-37(26-13-11-10-12-14-26)33(41)30-29-20-25(7)36(44-29)31(30)34(42)39(28(21-40)22(3)4)32(36)35(43)38(18-9-2)27-19-23(5)15-16-24(27)6/h8-16,19,22,25,28-32,40H,1-2,17-18,20-21H2,3-7H3/t25?,28-,29-,30+,31-,32?,36?/m0/s1. The third-order valence-electron chi connectivity index (χ3n) is 9.90. The van der Waals surface area contributed by atoms with Crippen molar-refractivity contribution in [1.29, 1.82) is 0 Å². The number of carbonyl (C=O) groups excluding carboxylic acids is 3. The van der Waals surface area contributed by atoms with E-state index in [1.165, 1.54) is 0 Å². The SMILES string of the molecule is C=CCN(C(=O)[C@@H]1[C@@H]2CC(C)C3(S2)C(C(=O)N(CC=C)c2cc(C)ccc2C)N([C@@H](CO)C(C)C)C(=O)[C@H]13)c1ccccc1. The Kier molecular flexibility index (Phi) is 9.15. The second-order valence-electron chi connectivity index (χ2n) is 12.9. The molecule has 2 aromatic carbocycles. The zero-order valence-corrected chi connectivity index (χ0v) is 27.3. The van der Waals surface area contributed by atoms with Gasteiger partial charge in [-0.1, -0.05) is 63.3 Å². The summed E-state index contributed by atoms with van der Waals surface area (Å²) in [5.74, 6) is -1.88. The Bertz CT molecular complexity index is 1440. The highest BCUT2D eigenvalue weighted by Gasteiger charge is 2.77. The summed E-state index contributed by atoms with van der Waals surface area (Å²) in [4.78, 5) is 49.6. The van der Waals surface area contributed by atoms with Crippen LogP contribution in [0.25, 0.3) is 0 Å². The molecule has 0 aromatic heterocycles. The van der Waals surface area contributed by atoms with E-state index in [-0.39, 0.29) is 48.0 Å². The lowest BCUT2D eigenvalue weighted by Crippen LogP contribution is -2.60. The third kappa shape index (κ3) is 5.00. The van der Waals surface area contributed by atoms with Crippen LogP contribution in [0.3, 0.4) is 0 Å². The fraction of sp³-hybridized carbons (Fsp3) is 0.472. The van der Waals surface area contributed by atoms with Crippen molar-refractivity contribution in [3.05, 3.63) is 85.0 Å². The minimum absolute atomic E-state index is 0.00900. The van der Waals surface area contributed by atoms with Gasteiger partial charge in [-0.05, 0) is 61.4 Å². The zero-order valence-electron chi connectivity index (χ0n) is 26.5. The first-order valence-corrected chi connectivity index (χ1v) is 16.5. The Morgan fingerprint density at radius 1 is 1.07 bits per heavy atom. The molecule has 0 saturated carbocycles. The molecule has 1 spiro atoms. The topological polar surface area (TPSA) is 81.2 Å². The first kappa shape index (κ1) is 32.0. The highest BCUT2D eigenvalue weighted by molar-refractivity contribution is 8.02. The van der Waals surface area contributed by atoms with Gasteiger partial charge in [0.15, 0.2) is 0 Å². The van der Waals surface area contributed by atoms with Crippen LogP contribution >= 0.6 is 11.8 Å². The maximum Gasteiger partial charge on any atom is 0.251 e. The van der Waals surface area contributed by atoms with Crippen molar-refractivity contribution in [1.82, 2.24) is 4.90 Å². The van der Waals surface area contributed by atoms with Crippen molar-refractivity contribution in [2.45, 2.75) is 63.1 Å². The lowest BCUT2D eigenvalue weighted by molar-refractivity contribution is -0.142. The number of aliphatic hydroxyl groups is 1. The number of fused-ring (bicyclic) bond motifs is 1. The summed E-state index contributed by atoms with van der Waals surface area (Å²) >= 11 is 1.66. The van der Waals surface area contributed by atoms with Crippen LogP contribution in [0.15, 0.2) is 73.8 Å². The lowest BCUT2D eigenvalue weighted by Gasteiger charge is -2.43. The Labute approximate surface area is 266 Å². The molecule has 3 aliphatic rings. The predicted octanol–water partition coefficient (Wildman–Crippen LogP) is 5.40. The van der Waals surface area contributed by atoms with Crippen LogP contribution < -0.4 is 9.80 Å². The summed E-state index contributed by atoms with van der Waals surface area (Å²) in [5, 5.41) is 10.6. The molecule has 0 aliphatic carbocycles. The molecule has 1 N–H and O–H groups in total. The number of carbonyl (C=O) groups is 3. The molecule has 2 bridgehead atoms. The second kappa shape index (κ2) is 12.6. The average Bonchev–Trinajstić information content (AvgIpc) is 3.60. The van der Waals surface area contributed by atoms with Gasteiger partial charge in [0.25, 0.3) is 5.91 Å². The molecule has 2 aromatic rings. The van der Waals surface area contributed by atoms with Gasteiger partial charge >= 0.3 is 0 Å². The van der Waals surface area contributed by atoms with Gasteiger partial charge in [-0.2, -0.15) is 0 Å². The number of benzene rings is 2. The van der Waals surface area contributed by atoms with Gasteiger partial charge in [0, 0.05) is 29.7 Å². The normalized spacial score (nSPS) is 27.8. The molecule has 3 aliphatic heterocycles. The summed E-state index contributed by atoms with van der Waals surface area (Å²) in [6.45, 7) is 18.2. The van der Waals surface area contributed by atoms with Gasteiger partial charge in [0.05, 0.1) is 29.2 Å². The number of para-hydroxylation sites is 1. The van der Waals surface area contributed by atoms with E-state index >= 15 is 4.79 Å². The van der Waals surface area contributed by atoms with E-state index in [1.807, 2.05) is 76.2 Å².